The van der Waals surface area contributed by atoms with E-state index in [1.54, 1.807) is 11.6 Å². The lowest BCUT2D eigenvalue weighted by Gasteiger charge is -2.05. The first kappa shape index (κ1) is 11.1. The summed E-state index contributed by atoms with van der Waals surface area (Å²) in [6, 6.07) is 0. The summed E-state index contributed by atoms with van der Waals surface area (Å²) in [7, 11) is 1.81. The second-order valence-corrected chi connectivity index (χ2v) is 4.23. The van der Waals surface area contributed by atoms with Crippen LogP contribution in [-0.2, 0) is 7.05 Å². The predicted octanol–water partition coefficient (Wildman–Crippen LogP) is 2.44. The van der Waals surface area contributed by atoms with E-state index in [4.69, 9.17) is 11.6 Å². The van der Waals surface area contributed by atoms with Crippen molar-refractivity contribution in [1.82, 2.24) is 14.8 Å². The average Bonchev–Trinajstić information content (AvgIpc) is 2.41. The monoisotopic (exact) mass is 237 g/mol. The fraction of sp³-hybridized carbons (Fsp3) is 0.364. The van der Waals surface area contributed by atoms with Gasteiger partial charge in [0.1, 0.15) is 0 Å². The minimum Gasteiger partial charge on any atom is -0.294 e. The van der Waals surface area contributed by atoms with E-state index in [0.717, 1.165) is 11.1 Å². The topological polar surface area (TPSA) is 47.8 Å². The second-order valence-electron chi connectivity index (χ2n) is 3.85. The quantitative estimate of drug-likeness (QED) is 0.716. The van der Waals surface area contributed by atoms with Gasteiger partial charge in [0, 0.05) is 7.05 Å². The van der Waals surface area contributed by atoms with Gasteiger partial charge in [-0.15, -0.1) is 0 Å². The second kappa shape index (κ2) is 3.56. The summed E-state index contributed by atoms with van der Waals surface area (Å²) in [5.41, 5.74) is 2.64. The van der Waals surface area contributed by atoms with Crippen molar-refractivity contribution >= 4 is 28.4 Å². The number of hydrogen-bond acceptors (Lipinski definition) is 3. The van der Waals surface area contributed by atoms with Gasteiger partial charge in [0.25, 0.3) is 0 Å². The first-order chi connectivity index (χ1) is 7.43. The molecule has 2 rings (SSSR count). The van der Waals surface area contributed by atoms with Gasteiger partial charge in [-0.05, 0) is 20.8 Å². The molecule has 2 aromatic rings. The van der Waals surface area contributed by atoms with Gasteiger partial charge in [0.2, 0.25) is 0 Å². The highest BCUT2D eigenvalue weighted by molar-refractivity contribution is 6.38. The zero-order valence-corrected chi connectivity index (χ0v) is 10.4. The Morgan fingerprint density at radius 3 is 2.50 bits per heavy atom. The van der Waals surface area contributed by atoms with E-state index in [2.05, 4.69) is 10.1 Å². The molecule has 84 valence electrons. The van der Waals surface area contributed by atoms with Gasteiger partial charge in [-0.3, -0.25) is 9.48 Å². The van der Waals surface area contributed by atoms with Gasteiger partial charge in [-0.2, -0.15) is 5.10 Å². The Labute approximate surface area is 98.2 Å². The number of Topliss-reactive ketones (excluding diaryl/α,β-unsaturated/α-hetero) is 1. The third kappa shape index (κ3) is 1.41. The van der Waals surface area contributed by atoms with Crippen LogP contribution < -0.4 is 0 Å². The average molecular weight is 238 g/mol. The van der Waals surface area contributed by atoms with Crippen LogP contribution in [0.2, 0.25) is 5.02 Å². The summed E-state index contributed by atoms with van der Waals surface area (Å²) in [5.74, 6) is -0.0693. The van der Waals surface area contributed by atoms with Crippen LogP contribution in [0.15, 0.2) is 0 Å². The number of rotatable bonds is 1. The van der Waals surface area contributed by atoms with Crippen molar-refractivity contribution in [3.05, 3.63) is 22.0 Å². The minimum absolute atomic E-state index is 0.0693. The maximum Gasteiger partial charge on any atom is 0.163 e. The molecule has 0 saturated heterocycles. The predicted molar refractivity (Wildman–Crippen MR) is 63.0 cm³/mol. The van der Waals surface area contributed by atoms with Crippen molar-refractivity contribution in [2.24, 2.45) is 7.05 Å². The Kier molecular flexibility index (Phi) is 2.46. The molecule has 0 aliphatic rings. The number of hydrogen-bond donors (Lipinski definition) is 0. The molecule has 0 aromatic carbocycles. The van der Waals surface area contributed by atoms with Crippen molar-refractivity contribution in [3.63, 3.8) is 0 Å². The van der Waals surface area contributed by atoms with Crippen molar-refractivity contribution in [2.45, 2.75) is 20.8 Å². The van der Waals surface area contributed by atoms with Gasteiger partial charge in [0.05, 0.1) is 27.4 Å². The SMILES string of the molecule is CC(=O)c1c(C)nc2c(c(C)nn2C)c1Cl. The molecule has 0 spiro atoms. The lowest BCUT2D eigenvalue weighted by atomic mass is 10.1. The first-order valence-corrected chi connectivity index (χ1v) is 5.31. The van der Waals surface area contributed by atoms with Crippen LogP contribution >= 0.6 is 11.6 Å². The maximum absolute atomic E-state index is 11.5. The molecule has 0 fully saturated rings. The van der Waals surface area contributed by atoms with Crippen LogP contribution in [0.4, 0.5) is 0 Å². The molecular weight excluding hydrogens is 226 g/mol. The fourth-order valence-corrected chi connectivity index (χ4v) is 2.43. The molecule has 0 atom stereocenters. The Balaban J connectivity index is 2.98. The molecule has 0 aliphatic heterocycles. The summed E-state index contributed by atoms with van der Waals surface area (Å²) in [5, 5.41) is 5.47. The number of carbonyl (C=O) groups is 1. The number of halogens is 1. The Hall–Kier alpha value is -1.42. The highest BCUT2D eigenvalue weighted by Crippen LogP contribution is 2.30. The first-order valence-electron chi connectivity index (χ1n) is 4.93. The Morgan fingerprint density at radius 1 is 1.31 bits per heavy atom. The van der Waals surface area contributed by atoms with Crippen LogP contribution in [0.1, 0.15) is 28.7 Å². The molecule has 0 bridgehead atoms. The lowest BCUT2D eigenvalue weighted by Crippen LogP contribution is -2.02. The number of carbonyl (C=O) groups excluding carboxylic acids is 1. The number of pyridine rings is 1. The number of nitrogens with zero attached hydrogens (tertiary/aromatic N) is 3. The van der Waals surface area contributed by atoms with Gasteiger partial charge in [-0.25, -0.2) is 4.98 Å². The third-order valence-electron chi connectivity index (χ3n) is 2.62. The van der Waals surface area contributed by atoms with Gasteiger partial charge < -0.3 is 0 Å². The summed E-state index contributed by atoms with van der Waals surface area (Å²) < 4.78 is 1.67. The molecule has 0 radical (unpaired) electrons. The highest BCUT2D eigenvalue weighted by Gasteiger charge is 2.18. The molecule has 2 heterocycles. The molecule has 5 heteroatoms. The molecule has 0 amide bonds. The van der Waals surface area contributed by atoms with E-state index in [0.29, 0.717) is 21.9 Å². The molecule has 4 nitrogen and oxygen atoms in total. The van der Waals surface area contributed by atoms with Gasteiger partial charge in [0.15, 0.2) is 11.4 Å². The minimum atomic E-state index is -0.0693. The van der Waals surface area contributed by atoms with E-state index in [1.807, 2.05) is 14.0 Å². The third-order valence-corrected chi connectivity index (χ3v) is 3.00. The highest BCUT2D eigenvalue weighted by atomic mass is 35.5. The van der Waals surface area contributed by atoms with Crippen LogP contribution in [0, 0.1) is 13.8 Å². The number of aromatic nitrogens is 3. The fourth-order valence-electron chi connectivity index (χ4n) is 1.94. The maximum atomic E-state index is 11.5. The normalized spacial score (nSPS) is 11.1. The van der Waals surface area contributed by atoms with Gasteiger partial charge in [-0.1, -0.05) is 11.6 Å². The molecular formula is C11H12ClN3O. The summed E-state index contributed by atoms with van der Waals surface area (Å²) >= 11 is 6.25. The van der Waals surface area contributed by atoms with E-state index in [9.17, 15) is 4.79 Å². The van der Waals surface area contributed by atoms with Crippen molar-refractivity contribution in [2.75, 3.05) is 0 Å². The summed E-state index contributed by atoms with van der Waals surface area (Å²) in [4.78, 5) is 15.9. The molecule has 0 N–H and O–H groups in total. The number of fused-ring (bicyclic) bond motifs is 1. The Morgan fingerprint density at radius 2 is 1.94 bits per heavy atom. The standard InChI is InChI=1S/C11H12ClN3O/c1-5-8(7(3)16)10(12)9-6(2)14-15(4)11(9)13-5/h1-4H3. The van der Waals surface area contributed by atoms with Crippen LogP contribution in [-0.4, -0.2) is 20.5 Å². The summed E-state index contributed by atoms with van der Waals surface area (Å²) in [6.45, 7) is 5.13. The van der Waals surface area contributed by atoms with E-state index >= 15 is 0 Å². The van der Waals surface area contributed by atoms with E-state index in [-0.39, 0.29) is 5.78 Å². The molecule has 2 aromatic heterocycles. The van der Waals surface area contributed by atoms with Crippen LogP contribution in [0.3, 0.4) is 0 Å². The summed E-state index contributed by atoms with van der Waals surface area (Å²) in [6.07, 6.45) is 0. The largest absolute Gasteiger partial charge is 0.294 e. The molecule has 16 heavy (non-hydrogen) atoms. The van der Waals surface area contributed by atoms with Gasteiger partial charge >= 0.3 is 0 Å². The van der Waals surface area contributed by atoms with E-state index < -0.39 is 0 Å². The van der Waals surface area contributed by atoms with Crippen LogP contribution in [0.25, 0.3) is 11.0 Å². The smallest absolute Gasteiger partial charge is 0.163 e. The Bertz CT molecular complexity index is 601. The van der Waals surface area contributed by atoms with Crippen LogP contribution in [0.5, 0.6) is 0 Å². The number of ketones is 1. The zero-order valence-electron chi connectivity index (χ0n) is 9.63. The van der Waals surface area contributed by atoms with Crippen molar-refractivity contribution < 1.29 is 4.79 Å². The molecule has 0 unspecified atom stereocenters. The lowest BCUT2D eigenvalue weighted by molar-refractivity contribution is 0.101. The molecule has 0 saturated carbocycles. The zero-order chi connectivity index (χ0) is 12.0. The molecule has 0 aliphatic carbocycles. The van der Waals surface area contributed by atoms with Crippen molar-refractivity contribution in [3.8, 4) is 0 Å². The van der Waals surface area contributed by atoms with Crippen molar-refractivity contribution in [1.29, 1.82) is 0 Å². The van der Waals surface area contributed by atoms with E-state index in [1.165, 1.54) is 6.92 Å². The number of aryl methyl sites for hydroxylation is 3.